The highest BCUT2D eigenvalue weighted by Crippen LogP contribution is 1.96. The van der Waals surface area contributed by atoms with Gasteiger partial charge in [0, 0.05) is 0 Å². The van der Waals surface area contributed by atoms with Gasteiger partial charge in [0.05, 0.1) is 12.8 Å². The topological polar surface area (TPSA) is 276 Å². The number of carboxylic acid groups (broad SMARTS) is 3. The highest BCUT2D eigenvalue weighted by atomic mass is 16.4. The van der Waals surface area contributed by atoms with Crippen molar-refractivity contribution >= 4 is 29.7 Å². The number of hydrogen-bond acceptors (Lipinski definition) is 8. The lowest BCUT2D eigenvalue weighted by Crippen LogP contribution is -2.34. The van der Waals surface area contributed by atoms with Crippen LogP contribution in [0.5, 0.6) is 0 Å². The molecule has 13 heteroatoms. The Morgan fingerprint density at radius 2 is 0.962 bits per heavy atom. The first-order valence-electron chi connectivity index (χ1n) is 7.15. The van der Waals surface area contributed by atoms with Crippen LogP contribution in [0.25, 0.3) is 0 Å². The van der Waals surface area contributed by atoms with Crippen molar-refractivity contribution in [2.45, 2.75) is 44.8 Å². The predicted molar refractivity (Wildman–Crippen MR) is 89.3 cm³/mol. The van der Waals surface area contributed by atoms with Gasteiger partial charge in [0.15, 0.2) is 0 Å². The Hall–Kier alpha value is -2.77. The Morgan fingerprint density at radius 3 is 1.00 bits per heavy atom. The van der Waals surface area contributed by atoms with Gasteiger partial charge < -0.3 is 44.0 Å². The smallest absolute Gasteiger partial charge is 0.321 e. The second-order valence-corrected chi connectivity index (χ2v) is 5.34. The Bertz CT molecular complexity index is 465. The second-order valence-electron chi connectivity index (χ2n) is 5.34. The summed E-state index contributed by atoms with van der Waals surface area (Å²) in [5, 5.41) is 24.4. The van der Waals surface area contributed by atoms with Crippen molar-refractivity contribution in [1.29, 1.82) is 0 Å². The van der Waals surface area contributed by atoms with Gasteiger partial charge >= 0.3 is 17.9 Å². The van der Waals surface area contributed by atoms with Gasteiger partial charge in [-0.15, -0.1) is 0 Å². The van der Waals surface area contributed by atoms with E-state index in [-0.39, 0.29) is 18.8 Å². The Balaban J connectivity index is -0.000000306. The van der Waals surface area contributed by atoms with Crippen LogP contribution in [0.15, 0.2) is 0 Å². The highest BCUT2D eigenvalue weighted by Gasteiger charge is 2.15. The van der Waals surface area contributed by atoms with Crippen molar-refractivity contribution in [3.05, 3.63) is 0 Å². The van der Waals surface area contributed by atoms with Crippen LogP contribution >= 0.6 is 0 Å². The quantitative estimate of drug-likeness (QED) is 0.205. The lowest BCUT2D eigenvalue weighted by Gasteiger charge is -2.07. The van der Waals surface area contributed by atoms with Gasteiger partial charge in [0.25, 0.3) is 0 Å². The monoisotopic (exact) mass is 381 g/mol. The maximum absolute atomic E-state index is 10.0. The molecule has 0 heterocycles. The molecule has 0 saturated heterocycles. The lowest BCUT2D eigenvalue weighted by atomic mass is 10.1. The van der Waals surface area contributed by atoms with Gasteiger partial charge in [-0.05, 0) is 5.92 Å². The minimum atomic E-state index is -1.21. The summed E-state index contributed by atoms with van der Waals surface area (Å²) in [7, 11) is 0. The summed E-state index contributed by atoms with van der Waals surface area (Å²) in [5.74, 6) is -4.75. The van der Waals surface area contributed by atoms with Crippen molar-refractivity contribution in [1.82, 2.24) is 0 Å². The molecule has 0 spiro atoms. The Morgan fingerprint density at radius 1 is 0.692 bits per heavy atom. The third-order valence-corrected chi connectivity index (χ3v) is 2.48. The van der Waals surface area contributed by atoms with E-state index in [2.05, 4.69) is 11.5 Å². The van der Waals surface area contributed by atoms with Crippen molar-refractivity contribution in [3.63, 3.8) is 0 Å². The van der Waals surface area contributed by atoms with Crippen molar-refractivity contribution in [2.24, 2.45) is 34.6 Å². The zero-order valence-electron chi connectivity index (χ0n) is 14.5. The fraction of sp³-hybridized carbons (Fsp3) is 0.615. The first-order chi connectivity index (χ1) is 11.6. The normalized spacial score (nSPS) is 13.0. The highest BCUT2D eigenvalue weighted by molar-refractivity contribution is 5.83. The van der Waals surface area contributed by atoms with E-state index in [0.29, 0.717) is 0 Å². The van der Waals surface area contributed by atoms with E-state index in [0.717, 1.165) is 0 Å². The summed E-state index contributed by atoms with van der Waals surface area (Å²) in [4.78, 5) is 49.8. The predicted octanol–water partition coefficient (Wildman–Crippen LogP) is -3.40. The summed E-state index contributed by atoms with van der Waals surface area (Å²) < 4.78 is 0. The molecule has 0 rings (SSSR count). The van der Waals surface area contributed by atoms with Crippen LogP contribution in [-0.2, 0) is 24.0 Å². The molecule has 0 aliphatic rings. The molecule has 2 amide bonds. The minimum Gasteiger partial charge on any atom is -0.480 e. The molecule has 26 heavy (non-hydrogen) atoms. The first kappa shape index (κ1) is 28.1. The molecule has 0 saturated carbocycles. The molecule has 0 radical (unpaired) electrons. The van der Waals surface area contributed by atoms with Crippen molar-refractivity contribution in [3.8, 4) is 0 Å². The number of carbonyl (C=O) groups is 5. The molecule has 0 fully saturated rings. The van der Waals surface area contributed by atoms with Crippen LogP contribution in [0.4, 0.5) is 0 Å². The van der Waals surface area contributed by atoms with Gasteiger partial charge in [0.1, 0.15) is 18.1 Å². The average Bonchev–Trinajstić information content (AvgIpc) is 2.45. The molecule has 0 aromatic carbocycles. The summed E-state index contributed by atoms with van der Waals surface area (Å²) >= 11 is 0. The van der Waals surface area contributed by atoms with Crippen LogP contribution in [0.2, 0.25) is 0 Å². The SMILES string of the molecule is CC(C)C(N)C(=O)O.NC(=O)CC(N)C(=O)O.NC(=O)CC(N)C(=O)O. The molecule has 3 unspecified atom stereocenters. The molecule has 0 aliphatic heterocycles. The first-order valence-corrected chi connectivity index (χ1v) is 7.15. The van der Waals surface area contributed by atoms with E-state index in [1.54, 1.807) is 13.8 Å². The van der Waals surface area contributed by atoms with Gasteiger partial charge in [-0.25, -0.2) is 0 Å². The molecule has 0 aromatic heterocycles. The van der Waals surface area contributed by atoms with E-state index in [1.165, 1.54) is 0 Å². The molecule has 13 nitrogen and oxygen atoms in total. The molecule has 0 aliphatic carbocycles. The molecular formula is C13H27N5O8. The third-order valence-electron chi connectivity index (χ3n) is 2.48. The maximum atomic E-state index is 10.0. The van der Waals surface area contributed by atoms with E-state index < -0.39 is 47.8 Å². The molecule has 0 aromatic rings. The number of carboxylic acids is 3. The van der Waals surface area contributed by atoms with E-state index in [4.69, 9.17) is 32.5 Å². The average molecular weight is 381 g/mol. The number of amides is 2. The largest absolute Gasteiger partial charge is 0.480 e. The van der Waals surface area contributed by atoms with Crippen LogP contribution in [-0.4, -0.2) is 63.2 Å². The number of hydrogen-bond donors (Lipinski definition) is 8. The third kappa shape index (κ3) is 19.3. The zero-order valence-corrected chi connectivity index (χ0v) is 14.5. The molecule has 0 bridgehead atoms. The van der Waals surface area contributed by atoms with E-state index >= 15 is 0 Å². The number of aliphatic carboxylic acids is 3. The van der Waals surface area contributed by atoms with Crippen LogP contribution in [0.3, 0.4) is 0 Å². The van der Waals surface area contributed by atoms with Gasteiger partial charge in [-0.3, -0.25) is 24.0 Å². The fourth-order valence-corrected chi connectivity index (χ4v) is 0.893. The van der Waals surface area contributed by atoms with Crippen LogP contribution < -0.4 is 28.7 Å². The number of nitrogens with two attached hydrogens (primary N) is 5. The molecule has 3 atom stereocenters. The van der Waals surface area contributed by atoms with Gasteiger partial charge in [-0.2, -0.15) is 0 Å². The van der Waals surface area contributed by atoms with Crippen molar-refractivity contribution in [2.75, 3.05) is 0 Å². The Kier molecular flexibility index (Phi) is 15.7. The fourth-order valence-electron chi connectivity index (χ4n) is 0.893. The number of rotatable bonds is 8. The summed E-state index contributed by atoms with van der Waals surface area (Å²) in [6, 6.07) is -3.04. The summed E-state index contributed by atoms with van der Waals surface area (Å²) in [6.45, 7) is 3.55. The van der Waals surface area contributed by atoms with Crippen LogP contribution in [0.1, 0.15) is 26.7 Å². The lowest BCUT2D eigenvalue weighted by molar-refractivity contribution is -0.140. The molecular weight excluding hydrogens is 354 g/mol. The standard InChI is InChI=1S/C5H11NO2.2C4H8N2O3/c1-3(2)4(6)5(7)8;2*5-2(4(8)9)1-3(6)7/h3-4H,6H2,1-2H3,(H,7,8);2*2H,1,5H2,(H2,6,7)(H,8,9). The van der Waals surface area contributed by atoms with Gasteiger partial charge in [-0.1, -0.05) is 13.8 Å². The number of primary amides is 2. The van der Waals surface area contributed by atoms with E-state index in [1.807, 2.05) is 0 Å². The zero-order chi connectivity index (χ0) is 21.6. The van der Waals surface area contributed by atoms with Crippen LogP contribution in [0, 0.1) is 5.92 Å². The summed E-state index contributed by atoms with van der Waals surface area (Å²) in [6.07, 6.45) is -0.620. The van der Waals surface area contributed by atoms with E-state index in [9.17, 15) is 24.0 Å². The molecule has 13 N–H and O–H groups in total. The minimum absolute atomic E-state index is 0.0208. The summed E-state index contributed by atoms with van der Waals surface area (Å²) in [5.41, 5.74) is 24.3. The maximum Gasteiger partial charge on any atom is 0.321 e. The molecule has 152 valence electrons. The van der Waals surface area contributed by atoms with Crippen molar-refractivity contribution < 1.29 is 39.3 Å². The Labute approximate surface area is 149 Å². The van der Waals surface area contributed by atoms with Gasteiger partial charge in [0.2, 0.25) is 11.8 Å². The number of carbonyl (C=O) groups excluding carboxylic acids is 2. The second kappa shape index (κ2) is 14.6.